The minimum Gasteiger partial charge on any atom is -0.408 e. The van der Waals surface area contributed by atoms with Crippen molar-refractivity contribution >= 4 is 24.8 Å². The van der Waals surface area contributed by atoms with E-state index >= 15 is 0 Å². The number of rotatable bonds is 3. The van der Waals surface area contributed by atoms with E-state index in [0.717, 1.165) is 0 Å². The third-order valence-corrected chi connectivity index (χ3v) is 1.49. The minimum atomic E-state index is -0.469. The summed E-state index contributed by atoms with van der Waals surface area (Å²) in [7, 11) is 0. The molecule has 0 radical (unpaired) electrons. The van der Waals surface area contributed by atoms with Crippen LogP contribution in [0.4, 0.5) is 0 Å². The number of hydrogen-bond donors (Lipinski definition) is 2. The first-order valence-electron chi connectivity index (χ1n) is 4.41. The van der Waals surface area contributed by atoms with Gasteiger partial charge in [0.2, 0.25) is 0 Å². The molecule has 0 amide bonds. The zero-order valence-electron chi connectivity index (χ0n) is 8.41. The Morgan fingerprint density at radius 3 is 2.71 bits per heavy atom. The van der Waals surface area contributed by atoms with Gasteiger partial charge in [-0.2, -0.15) is 12.6 Å². The second-order valence-corrected chi connectivity index (χ2v) is 2.45. The van der Waals surface area contributed by atoms with Gasteiger partial charge in [0.25, 0.3) is 0 Å². The molecule has 0 saturated carbocycles. The molecule has 0 bridgehead atoms. The SMILES string of the molecule is C=Cc1oc(=O)[nH]c1/C=C\CS.CC. The Morgan fingerprint density at radius 1 is 1.57 bits per heavy atom. The lowest BCUT2D eigenvalue weighted by molar-refractivity contribution is 0.507. The second kappa shape index (κ2) is 7.26. The van der Waals surface area contributed by atoms with E-state index in [2.05, 4.69) is 24.2 Å². The fraction of sp³-hybridized carbons (Fsp3) is 0.300. The van der Waals surface area contributed by atoms with Gasteiger partial charge >= 0.3 is 5.76 Å². The summed E-state index contributed by atoms with van der Waals surface area (Å²) in [4.78, 5) is 13.2. The van der Waals surface area contributed by atoms with Gasteiger partial charge in [0.05, 0.1) is 5.69 Å². The maximum absolute atomic E-state index is 10.7. The Morgan fingerprint density at radius 2 is 2.21 bits per heavy atom. The van der Waals surface area contributed by atoms with Crippen molar-refractivity contribution in [3.63, 3.8) is 0 Å². The summed E-state index contributed by atoms with van der Waals surface area (Å²) < 4.78 is 4.76. The monoisotopic (exact) mass is 213 g/mol. The van der Waals surface area contributed by atoms with Crippen LogP contribution in [0.1, 0.15) is 25.3 Å². The van der Waals surface area contributed by atoms with Crippen molar-refractivity contribution in [1.82, 2.24) is 4.98 Å². The van der Waals surface area contributed by atoms with Crippen LogP contribution in [0.15, 0.2) is 21.9 Å². The van der Waals surface area contributed by atoms with Crippen molar-refractivity contribution in [1.29, 1.82) is 0 Å². The lowest BCUT2D eigenvalue weighted by Gasteiger charge is -1.85. The number of oxazole rings is 1. The van der Waals surface area contributed by atoms with Gasteiger partial charge in [0.15, 0.2) is 5.76 Å². The molecular formula is C10H15NO2S. The van der Waals surface area contributed by atoms with E-state index in [4.69, 9.17) is 4.42 Å². The zero-order chi connectivity index (χ0) is 11.0. The molecular weight excluding hydrogens is 198 g/mol. The molecule has 1 rings (SSSR count). The molecule has 0 unspecified atom stereocenters. The molecule has 0 aromatic carbocycles. The van der Waals surface area contributed by atoms with Crippen LogP contribution < -0.4 is 5.76 Å². The van der Waals surface area contributed by atoms with Crippen molar-refractivity contribution in [2.24, 2.45) is 0 Å². The van der Waals surface area contributed by atoms with Gasteiger partial charge in [0, 0.05) is 5.75 Å². The maximum atomic E-state index is 10.7. The second-order valence-electron chi connectivity index (χ2n) is 2.08. The van der Waals surface area contributed by atoms with Crippen LogP contribution in [0.5, 0.6) is 0 Å². The first kappa shape index (κ1) is 12.8. The molecule has 1 heterocycles. The van der Waals surface area contributed by atoms with E-state index in [9.17, 15) is 4.79 Å². The molecule has 0 spiro atoms. The molecule has 1 N–H and O–H groups in total. The molecule has 0 atom stereocenters. The third kappa shape index (κ3) is 3.70. The number of H-pyrrole nitrogens is 1. The summed E-state index contributed by atoms with van der Waals surface area (Å²) in [5.41, 5.74) is 0.629. The van der Waals surface area contributed by atoms with Crippen molar-refractivity contribution in [3.8, 4) is 0 Å². The highest BCUT2D eigenvalue weighted by Gasteiger charge is 2.01. The molecule has 1 aromatic heterocycles. The number of thiol groups is 1. The van der Waals surface area contributed by atoms with Gasteiger partial charge in [-0.25, -0.2) is 4.79 Å². The average molecular weight is 213 g/mol. The first-order chi connectivity index (χ1) is 6.77. The van der Waals surface area contributed by atoms with Gasteiger partial charge in [-0.15, -0.1) is 0 Å². The summed E-state index contributed by atoms with van der Waals surface area (Å²) in [5.74, 6) is 0.603. The molecule has 14 heavy (non-hydrogen) atoms. The Bertz CT molecular complexity index is 349. The van der Waals surface area contributed by atoms with E-state index in [-0.39, 0.29) is 0 Å². The van der Waals surface area contributed by atoms with Crippen LogP contribution in [-0.4, -0.2) is 10.7 Å². The van der Waals surface area contributed by atoms with E-state index in [1.54, 1.807) is 12.2 Å². The highest BCUT2D eigenvalue weighted by Crippen LogP contribution is 2.06. The van der Waals surface area contributed by atoms with Gasteiger partial charge < -0.3 is 4.42 Å². The van der Waals surface area contributed by atoms with Crippen molar-refractivity contribution in [2.45, 2.75) is 13.8 Å². The first-order valence-corrected chi connectivity index (χ1v) is 5.04. The predicted molar refractivity (Wildman–Crippen MR) is 63.7 cm³/mol. The Labute approximate surface area is 88.9 Å². The molecule has 0 fully saturated rings. The van der Waals surface area contributed by atoms with Crippen molar-refractivity contribution in [3.05, 3.63) is 34.7 Å². The molecule has 1 aromatic rings. The summed E-state index contributed by atoms with van der Waals surface area (Å²) in [6, 6.07) is 0. The van der Waals surface area contributed by atoms with Crippen LogP contribution in [0, 0.1) is 0 Å². The molecule has 4 heteroatoms. The normalized spacial score (nSPS) is 9.64. The standard InChI is InChI=1S/C8H9NO2S.C2H6/c1-2-7-6(4-3-5-12)9-8(10)11-7;1-2/h2-4,12H,1,5H2,(H,9,10);1-2H3/b4-3-;. The van der Waals surface area contributed by atoms with E-state index in [1.807, 2.05) is 13.8 Å². The number of nitrogens with one attached hydrogen (secondary N) is 1. The lowest BCUT2D eigenvalue weighted by atomic mass is 10.3. The fourth-order valence-corrected chi connectivity index (χ4v) is 0.903. The summed E-state index contributed by atoms with van der Waals surface area (Å²) in [6.45, 7) is 7.51. The Kier molecular flexibility index (Phi) is 6.66. The van der Waals surface area contributed by atoms with Crippen molar-refractivity contribution < 1.29 is 4.42 Å². The van der Waals surface area contributed by atoms with E-state index < -0.39 is 5.76 Å². The highest BCUT2D eigenvalue weighted by molar-refractivity contribution is 7.80. The fourth-order valence-electron chi connectivity index (χ4n) is 0.798. The van der Waals surface area contributed by atoms with Crippen LogP contribution >= 0.6 is 12.6 Å². The molecule has 0 aliphatic carbocycles. The lowest BCUT2D eigenvalue weighted by Crippen LogP contribution is -1.94. The topological polar surface area (TPSA) is 46.0 Å². The molecule has 0 aliphatic heterocycles. The van der Waals surface area contributed by atoms with E-state index in [0.29, 0.717) is 17.2 Å². The highest BCUT2D eigenvalue weighted by atomic mass is 32.1. The van der Waals surface area contributed by atoms with Crippen molar-refractivity contribution in [2.75, 3.05) is 5.75 Å². The summed E-state index contributed by atoms with van der Waals surface area (Å²) >= 11 is 3.99. The van der Waals surface area contributed by atoms with Crippen LogP contribution in [0.25, 0.3) is 12.2 Å². The molecule has 3 nitrogen and oxygen atoms in total. The largest absolute Gasteiger partial charge is 0.417 e. The number of aromatic nitrogens is 1. The van der Waals surface area contributed by atoms with Gasteiger partial charge in [0.1, 0.15) is 0 Å². The molecule has 78 valence electrons. The third-order valence-electron chi connectivity index (χ3n) is 1.28. The average Bonchev–Trinajstić information content (AvgIpc) is 2.59. The van der Waals surface area contributed by atoms with Gasteiger partial charge in [-0.05, 0) is 12.2 Å². The smallest absolute Gasteiger partial charge is 0.408 e. The maximum Gasteiger partial charge on any atom is 0.417 e. The van der Waals surface area contributed by atoms with Crippen LogP contribution in [0.2, 0.25) is 0 Å². The quantitative estimate of drug-likeness (QED) is 0.758. The van der Waals surface area contributed by atoms with E-state index in [1.165, 1.54) is 6.08 Å². The van der Waals surface area contributed by atoms with Gasteiger partial charge in [-0.3, -0.25) is 4.98 Å². The Balaban J connectivity index is 0.000000791. The summed E-state index contributed by atoms with van der Waals surface area (Å²) in [6.07, 6.45) is 5.02. The summed E-state index contributed by atoms with van der Waals surface area (Å²) in [5, 5.41) is 0. The predicted octanol–water partition coefficient (Wildman–Crippen LogP) is 2.58. The van der Waals surface area contributed by atoms with Gasteiger partial charge in [-0.1, -0.05) is 26.5 Å². The van der Waals surface area contributed by atoms with Crippen LogP contribution in [-0.2, 0) is 0 Å². The number of hydrogen-bond acceptors (Lipinski definition) is 3. The molecule has 0 saturated heterocycles. The van der Waals surface area contributed by atoms with Crippen LogP contribution in [0.3, 0.4) is 0 Å². The molecule has 0 aliphatic rings. The Hall–Kier alpha value is -1.16. The zero-order valence-corrected chi connectivity index (χ0v) is 9.30. The minimum absolute atomic E-state index is 0.457. The number of aromatic amines is 1.